The first-order valence-electron chi connectivity index (χ1n) is 6.80. The van der Waals surface area contributed by atoms with Gasteiger partial charge in [0.25, 0.3) is 0 Å². The van der Waals surface area contributed by atoms with Crippen LogP contribution in [0.15, 0.2) is 46.5 Å². The van der Waals surface area contributed by atoms with E-state index < -0.39 is 10.0 Å². The molecule has 0 aliphatic rings. The van der Waals surface area contributed by atoms with Crippen LogP contribution in [-0.4, -0.2) is 31.9 Å². The van der Waals surface area contributed by atoms with E-state index in [-0.39, 0.29) is 16.9 Å². The van der Waals surface area contributed by atoms with Gasteiger partial charge in [-0.3, -0.25) is 9.98 Å². The molecular formula is C14H19N5O2S. The summed E-state index contributed by atoms with van der Waals surface area (Å²) in [6.07, 6.45) is 3.71. The van der Waals surface area contributed by atoms with Gasteiger partial charge in [0.2, 0.25) is 10.0 Å². The van der Waals surface area contributed by atoms with E-state index in [9.17, 15) is 8.42 Å². The molecule has 0 bridgehead atoms. The first-order valence-corrected chi connectivity index (χ1v) is 8.29. The van der Waals surface area contributed by atoms with Crippen LogP contribution in [0.1, 0.15) is 13.3 Å². The van der Waals surface area contributed by atoms with Crippen molar-refractivity contribution in [3.8, 4) is 0 Å². The van der Waals surface area contributed by atoms with Gasteiger partial charge in [0, 0.05) is 35.8 Å². The molecule has 2 rings (SSSR count). The van der Waals surface area contributed by atoms with E-state index in [1.54, 1.807) is 37.5 Å². The third-order valence-electron chi connectivity index (χ3n) is 3.14. The summed E-state index contributed by atoms with van der Waals surface area (Å²) in [5.41, 5.74) is 10.5. The van der Waals surface area contributed by atoms with Crippen molar-refractivity contribution in [3.05, 3.63) is 36.7 Å². The zero-order valence-electron chi connectivity index (χ0n) is 12.2. The number of rotatable bonds is 6. The Bertz CT molecular complexity index is 779. The average Bonchev–Trinajstić information content (AvgIpc) is 2.45. The number of hydrogen-bond acceptors (Lipinski definition) is 4. The molecule has 8 heteroatoms. The third kappa shape index (κ3) is 3.92. The van der Waals surface area contributed by atoms with Gasteiger partial charge in [0.1, 0.15) is 0 Å². The van der Waals surface area contributed by atoms with Crippen molar-refractivity contribution in [2.45, 2.75) is 24.3 Å². The van der Waals surface area contributed by atoms with Gasteiger partial charge in [-0.05, 0) is 25.5 Å². The van der Waals surface area contributed by atoms with Gasteiger partial charge in [-0.1, -0.05) is 12.1 Å². The number of fused-ring (bicyclic) bond motifs is 1. The summed E-state index contributed by atoms with van der Waals surface area (Å²) in [4.78, 5) is 8.08. The molecule has 0 spiro atoms. The van der Waals surface area contributed by atoms with Gasteiger partial charge < -0.3 is 11.5 Å². The van der Waals surface area contributed by atoms with Crippen LogP contribution >= 0.6 is 0 Å². The number of sulfonamides is 1. The predicted molar refractivity (Wildman–Crippen MR) is 86.8 cm³/mol. The monoisotopic (exact) mass is 321 g/mol. The van der Waals surface area contributed by atoms with Crippen molar-refractivity contribution in [1.82, 2.24) is 9.71 Å². The van der Waals surface area contributed by atoms with E-state index in [0.29, 0.717) is 18.4 Å². The second kappa shape index (κ2) is 6.71. The van der Waals surface area contributed by atoms with Crippen LogP contribution in [0, 0.1) is 0 Å². The first kappa shape index (κ1) is 16.2. The summed E-state index contributed by atoms with van der Waals surface area (Å²) in [6.45, 7) is 2.14. The van der Waals surface area contributed by atoms with Gasteiger partial charge in [0.15, 0.2) is 5.96 Å². The smallest absolute Gasteiger partial charge is 0.241 e. The van der Waals surface area contributed by atoms with E-state index in [4.69, 9.17) is 11.5 Å². The van der Waals surface area contributed by atoms with Gasteiger partial charge in [-0.2, -0.15) is 0 Å². The fourth-order valence-electron chi connectivity index (χ4n) is 2.10. The van der Waals surface area contributed by atoms with Crippen LogP contribution in [0.2, 0.25) is 0 Å². The number of nitrogens with one attached hydrogen (secondary N) is 1. The fourth-order valence-corrected chi connectivity index (χ4v) is 3.61. The fraction of sp³-hybridized carbons (Fsp3) is 0.286. The lowest BCUT2D eigenvalue weighted by Crippen LogP contribution is -2.33. The van der Waals surface area contributed by atoms with Crippen LogP contribution in [0.5, 0.6) is 0 Å². The molecule has 0 aliphatic carbocycles. The maximum absolute atomic E-state index is 12.5. The molecule has 0 saturated heterocycles. The summed E-state index contributed by atoms with van der Waals surface area (Å²) in [5, 5.41) is 1.42. The molecular weight excluding hydrogens is 302 g/mol. The molecule has 118 valence electrons. The second-order valence-electron chi connectivity index (χ2n) is 4.97. The van der Waals surface area contributed by atoms with Crippen LogP contribution in [0.25, 0.3) is 10.8 Å². The Labute approximate surface area is 129 Å². The molecule has 1 atom stereocenters. The van der Waals surface area contributed by atoms with Crippen molar-refractivity contribution in [2.75, 3.05) is 6.54 Å². The molecule has 0 aliphatic heterocycles. The minimum absolute atomic E-state index is 0.00314. The largest absolute Gasteiger partial charge is 0.370 e. The van der Waals surface area contributed by atoms with Crippen LogP contribution in [0.4, 0.5) is 0 Å². The summed E-state index contributed by atoms with van der Waals surface area (Å²) in [5.74, 6) is -0.00314. The molecule has 1 aromatic carbocycles. The minimum atomic E-state index is -3.63. The van der Waals surface area contributed by atoms with Crippen LogP contribution < -0.4 is 16.2 Å². The van der Waals surface area contributed by atoms with Crippen molar-refractivity contribution >= 4 is 26.8 Å². The van der Waals surface area contributed by atoms with Gasteiger partial charge in [-0.25, -0.2) is 13.1 Å². The number of guanidine groups is 1. The SMILES string of the molecule is CC(CCN=C(N)N)NS(=O)(=O)c1cccc2cnccc12. The van der Waals surface area contributed by atoms with E-state index in [2.05, 4.69) is 14.7 Å². The maximum atomic E-state index is 12.5. The van der Waals surface area contributed by atoms with Gasteiger partial charge in [-0.15, -0.1) is 0 Å². The number of aliphatic imine (C=N–C) groups is 1. The molecule has 1 unspecified atom stereocenters. The quantitative estimate of drug-likeness (QED) is 0.530. The van der Waals surface area contributed by atoms with Crippen molar-refractivity contribution in [2.24, 2.45) is 16.5 Å². The van der Waals surface area contributed by atoms with E-state index in [1.807, 2.05) is 6.07 Å². The van der Waals surface area contributed by atoms with Gasteiger partial charge >= 0.3 is 0 Å². The summed E-state index contributed by atoms with van der Waals surface area (Å²) in [7, 11) is -3.63. The third-order valence-corrected chi connectivity index (χ3v) is 4.79. The molecule has 1 aromatic heterocycles. The molecule has 0 fully saturated rings. The molecule has 2 aromatic rings. The molecule has 0 saturated carbocycles. The molecule has 0 radical (unpaired) electrons. The number of hydrogen-bond donors (Lipinski definition) is 3. The highest BCUT2D eigenvalue weighted by molar-refractivity contribution is 7.89. The lowest BCUT2D eigenvalue weighted by molar-refractivity contribution is 0.551. The van der Waals surface area contributed by atoms with E-state index in [0.717, 1.165) is 5.39 Å². The van der Waals surface area contributed by atoms with Crippen LogP contribution in [-0.2, 0) is 10.0 Å². The molecule has 5 N–H and O–H groups in total. The highest BCUT2D eigenvalue weighted by Crippen LogP contribution is 2.22. The lowest BCUT2D eigenvalue weighted by Gasteiger charge is -2.14. The normalized spacial score (nSPS) is 13.0. The number of aromatic nitrogens is 1. The van der Waals surface area contributed by atoms with Crippen molar-refractivity contribution in [3.63, 3.8) is 0 Å². The number of nitrogens with zero attached hydrogens (tertiary/aromatic N) is 2. The number of benzene rings is 1. The molecule has 1 heterocycles. The zero-order valence-corrected chi connectivity index (χ0v) is 13.0. The maximum Gasteiger partial charge on any atom is 0.241 e. The Balaban J connectivity index is 2.20. The first-order chi connectivity index (χ1) is 10.4. The average molecular weight is 321 g/mol. The Kier molecular flexibility index (Phi) is 4.94. The highest BCUT2D eigenvalue weighted by Gasteiger charge is 2.19. The van der Waals surface area contributed by atoms with Crippen LogP contribution in [0.3, 0.4) is 0 Å². The Morgan fingerprint density at radius 3 is 2.86 bits per heavy atom. The topological polar surface area (TPSA) is 123 Å². The second-order valence-corrected chi connectivity index (χ2v) is 6.65. The lowest BCUT2D eigenvalue weighted by atomic mass is 10.2. The number of pyridine rings is 1. The summed E-state index contributed by atoms with van der Waals surface area (Å²) < 4.78 is 27.7. The molecule has 0 amide bonds. The summed E-state index contributed by atoms with van der Waals surface area (Å²) in [6, 6.07) is 6.50. The highest BCUT2D eigenvalue weighted by atomic mass is 32.2. The Hall–Kier alpha value is -2.19. The Morgan fingerprint density at radius 2 is 2.14 bits per heavy atom. The van der Waals surface area contributed by atoms with E-state index >= 15 is 0 Å². The zero-order chi connectivity index (χ0) is 16.2. The van der Waals surface area contributed by atoms with E-state index in [1.165, 1.54) is 0 Å². The summed E-state index contributed by atoms with van der Waals surface area (Å²) >= 11 is 0. The molecule has 22 heavy (non-hydrogen) atoms. The number of nitrogens with two attached hydrogens (primary N) is 2. The Morgan fingerprint density at radius 1 is 1.36 bits per heavy atom. The van der Waals surface area contributed by atoms with Crippen molar-refractivity contribution in [1.29, 1.82) is 0 Å². The molecule has 7 nitrogen and oxygen atoms in total. The van der Waals surface area contributed by atoms with Gasteiger partial charge in [0.05, 0.1) is 4.90 Å². The van der Waals surface area contributed by atoms with Crippen molar-refractivity contribution < 1.29 is 8.42 Å². The standard InChI is InChI=1S/C14H19N5O2S/c1-10(5-8-18-14(15)16)19-22(20,21)13-4-2-3-11-9-17-7-6-12(11)13/h2-4,6-7,9-10,19H,5,8H2,1H3,(H4,15,16,18). The minimum Gasteiger partial charge on any atom is -0.370 e. The predicted octanol–water partition coefficient (Wildman–Crippen LogP) is 0.565.